The highest BCUT2D eigenvalue weighted by Gasteiger charge is 2.31. The quantitative estimate of drug-likeness (QED) is 0.638. The summed E-state index contributed by atoms with van der Waals surface area (Å²) in [6, 6.07) is 4.48. The average Bonchev–Trinajstić information content (AvgIpc) is 2.68. The number of carbonyl (C=O) groups excluding carboxylic acids is 2. The molecule has 1 aliphatic heterocycles. The van der Waals surface area contributed by atoms with Crippen LogP contribution in [-0.4, -0.2) is 24.6 Å². The minimum atomic E-state index is -0.846. The maximum atomic E-state index is 11.8. The van der Waals surface area contributed by atoms with Crippen molar-refractivity contribution in [2.75, 3.05) is 12.3 Å². The molecule has 0 aliphatic carbocycles. The number of hydrogen-bond donors (Lipinski definition) is 1. The molecule has 2 rings (SSSR count). The molecule has 1 fully saturated rings. The molecule has 1 aliphatic rings. The van der Waals surface area contributed by atoms with E-state index in [2.05, 4.69) is 4.74 Å². The maximum absolute atomic E-state index is 11.8. The number of benzene rings is 1. The van der Waals surface area contributed by atoms with Gasteiger partial charge in [0.25, 0.3) is 0 Å². The lowest BCUT2D eigenvalue weighted by atomic mass is 10.2. The van der Waals surface area contributed by atoms with E-state index >= 15 is 0 Å². The van der Waals surface area contributed by atoms with Crippen LogP contribution in [0.2, 0.25) is 5.02 Å². The van der Waals surface area contributed by atoms with Crippen LogP contribution in [0.25, 0.3) is 0 Å². The molecule has 1 atom stereocenters. The number of halogens is 1. The van der Waals surface area contributed by atoms with Crippen molar-refractivity contribution in [3.63, 3.8) is 0 Å². The molecule has 1 aromatic rings. The van der Waals surface area contributed by atoms with Crippen molar-refractivity contribution in [1.82, 2.24) is 0 Å². The van der Waals surface area contributed by atoms with Crippen LogP contribution in [0, 0.1) is 0 Å². The number of hydrogen-bond acceptors (Lipinski definition) is 5. The molecule has 0 spiro atoms. The molecule has 0 amide bonds. The number of rotatable bonds is 2. The Labute approximate surface area is 102 Å². The molecule has 0 aromatic heterocycles. The summed E-state index contributed by atoms with van der Waals surface area (Å²) in [6.45, 7) is 0.266. The highest BCUT2D eigenvalue weighted by atomic mass is 35.5. The molecular formula is C11H10ClNO4. The summed E-state index contributed by atoms with van der Waals surface area (Å²) >= 11 is 5.75. The first-order chi connectivity index (χ1) is 8.08. The van der Waals surface area contributed by atoms with Gasteiger partial charge in [0.2, 0.25) is 6.10 Å². The second-order valence-electron chi connectivity index (χ2n) is 3.58. The fourth-order valence-electron chi connectivity index (χ4n) is 1.48. The molecule has 1 heterocycles. The number of carbonyl (C=O) groups is 2. The highest BCUT2D eigenvalue weighted by molar-refractivity contribution is 6.31. The maximum Gasteiger partial charge on any atom is 0.347 e. The molecule has 17 heavy (non-hydrogen) atoms. The molecule has 6 heteroatoms. The molecule has 1 unspecified atom stereocenters. The molecule has 0 bridgehead atoms. The van der Waals surface area contributed by atoms with E-state index in [4.69, 9.17) is 22.1 Å². The van der Waals surface area contributed by atoms with Crippen LogP contribution in [0.5, 0.6) is 0 Å². The Morgan fingerprint density at radius 1 is 1.53 bits per heavy atom. The molecule has 1 saturated heterocycles. The van der Waals surface area contributed by atoms with Crippen LogP contribution in [0.3, 0.4) is 0 Å². The second-order valence-corrected chi connectivity index (χ2v) is 4.02. The van der Waals surface area contributed by atoms with Crippen molar-refractivity contribution in [2.24, 2.45) is 0 Å². The first kappa shape index (κ1) is 11.7. The van der Waals surface area contributed by atoms with E-state index < -0.39 is 18.0 Å². The largest absolute Gasteiger partial charge is 0.463 e. The number of nitrogens with two attached hydrogens (primary N) is 1. The van der Waals surface area contributed by atoms with Gasteiger partial charge in [-0.3, -0.25) is 0 Å². The van der Waals surface area contributed by atoms with Gasteiger partial charge in [0, 0.05) is 17.1 Å². The van der Waals surface area contributed by atoms with Gasteiger partial charge < -0.3 is 15.2 Å². The Hall–Kier alpha value is -1.75. The lowest BCUT2D eigenvalue weighted by Gasteiger charge is -2.09. The van der Waals surface area contributed by atoms with Crippen LogP contribution in [-0.2, 0) is 14.3 Å². The molecule has 0 radical (unpaired) electrons. The summed E-state index contributed by atoms with van der Waals surface area (Å²) in [6.07, 6.45) is -0.480. The monoisotopic (exact) mass is 255 g/mol. The molecule has 0 saturated carbocycles. The molecule has 5 nitrogen and oxygen atoms in total. The molecule has 1 aromatic carbocycles. The van der Waals surface area contributed by atoms with E-state index in [-0.39, 0.29) is 17.9 Å². The molecule has 2 N–H and O–H groups in total. The smallest absolute Gasteiger partial charge is 0.347 e. The number of anilines is 1. The first-order valence-corrected chi connectivity index (χ1v) is 5.38. The van der Waals surface area contributed by atoms with Crippen molar-refractivity contribution in [2.45, 2.75) is 12.5 Å². The van der Waals surface area contributed by atoms with Crippen LogP contribution in [0.1, 0.15) is 16.8 Å². The average molecular weight is 256 g/mol. The summed E-state index contributed by atoms with van der Waals surface area (Å²) in [4.78, 5) is 22.9. The summed E-state index contributed by atoms with van der Waals surface area (Å²) < 4.78 is 9.68. The van der Waals surface area contributed by atoms with E-state index in [0.717, 1.165) is 0 Å². The van der Waals surface area contributed by atoms with Gasteiger partial charge in [0.05, 0.1) is 12.2 Å². The van der Waals surface area contributed by atoms with Gasteiger partial charge in [0.1, 0.15) is 0 Å². The first-order valence-electron chi connectivity index (χ1n) is 5.00. The number of esters is 2. The fourth-order valence-corrected chi connectivity index (χ4v) is 1.65. The van der Waals surface area contributed by atoms with Crippen molar-refractivity contribution in [3.05, 3.63) is 28.8 Å². The van der Waals surface area contributed by atoms with Crippen LogP contribution < -0.4 is 5.73 Å². The predicted octanol–water partition coefficient (Wildman–Crippen LogP) is 1.39. The van der Waals surface area contributed by atoms with Crippen molar-refractivity contribution in [3.8, 4) is 0 Å². The Balaban J connectivity index is 2.14. The minimum absolute atomic E-state index is 0.150. The van der Waals surface area contributed by atoms with E-state index in [1.165, 1.54) is 12.1 Å². The summed E-state index contributed by atoms with van der Waals surface area (Å²) in [5.41, 5.74) is 6.03. The Morgan fingerprint density at radius 3 is 2.94 bits per heavy atom. The van der Waals surface area contributed by atoms with Crippen molar-refractivity contribution >= 4 is 29.2 Å². The van der Waals surface area contributed by atoms with Crippen LogP contribution >= 0.6 is 11.6 Å². The Bertz CT molecular complexity index is 475. The van der Waals surface area contributed by atoms with Gasteiger partial charge in [-0.1, -0.05) is 11.6 Å². The lowest BCUT2D eigenvalue weighted by molar-refractivity contribution is -0.145. The van der Waals surface area contributed by atoms with Gasteiger partial charge in [-0.2, -0.15) is 0 Å². The summed E-state index contributed by atoms with van der Waals surface area (Å²) in [5.74, 6) is -1.20. The van der Waals surface area contributed by atoms with Crippen LogP contribution in [0.4, 0.5) is 5.69 Å². The van der Waals surface area contributed by atoms with Crippen molar-refractivity contribution in [1.29, 1.82) is 0 Å². The third-order valence-electron chi connectivity index (χ3n) is 2.37. The van der Waals surface area contributed by atoms with Gasteiger partial charge in [-0.25, -0.2) is 9.59 Å². The lowest BCUT2D eigenvalue weighted by Crippen LogP contribution is -2.23. The topological polar surface area (TPSA) is 78.6 Å². The van der Waals surface area contributed by atoms with Gasteiger partial charge in [-0.15, -0.1) is 0 Å². The van der Waals surface area contributed by atoms with Gasteiger partial charge in [0.15, 0.2) is 0 Å². The van der Waals surface area contributed by atoms with E-state index in [1.54, 1.807) is 6.07 Å². The highest BCUT2D eigenvalue weighted by Crippen LogP contribution is 2.20. The predicted molar refractivity (Wildman–Crippen MR) is 60.6 cm³/mol. The normalized spacial score (nSPS) is 18.9. The molecule has 90 valence electrons. The zero-order valence-electron chi connectivity index (χ0n) is 8.81. The Morgan fingerprint density at radius 2 is 2.29 bits per heavy atom. The second kappa shape index (κ2) is 4.63. The third kappa shape index (κ3) is 2.50. The van der Waals surface area contributed by atoms with Gasteiger partial charge >= 0.3 is 11.9 Å². The number of nitrogen functional groups attached to an aromatic ring is 1. The summed E-state index contributed by atoms with van der Waals surface area (Å²) in [5, 5.41) is 0.375. The fraction of sp³-hybridized carbons (Fsp3) is 0.273. The van der Waals surface area contributed by atoms with Crippen molar-refractivity contribution < 1.29 is 19.1 Å². The third-order valence-corrected chi connectivity index (χ3v) is 2.61. The zero-order chi connectivity index (χ0) is 12.4. The summed E-state index contributed by atoms with van der Waals surface area (Å²) in [7, 11) is 0. The standard InChI is InChI=1S/C11H10ClNO4/c12-6-1-2-8(13)7(5-6)10(14)17-9-3-4-16-11(9)15/h1-2,5,9H,3-4,13H2. The van der Waals surface area contributed by atoms with E-state index in [1.807, 2.05) is 0 Å². The molecular weight excluding hydrogens is 246 g/mol. The van der Waals surface area contributed by atoms with E-state index in [0.29, 0.717) is 11.4 Å². The number of cyclic esters (lactones) is 1. The zero-order valence-corrected chi connectivity index (χ0v) is 9.57. The van der Waals surface area contributed by atoms with Gasteiger partial charge in [-0.05, 0) is 18.2 Å². The SMILES string of the molecule is Nc1ccc(Cl)cc1C(=O)OC1CCOC1=O. The van der Waals surface area contributed by atoms with Crippen LogP contribution in [0.15, 0.2) is 18.2 Å². The minimum Gasteiger partial charge on any atom is -0.463 e. The van der Waals surface area contributed by atoms with E-state index in [9.17, 15) is 9.59 Å². The Kier molecular flexibility index (Phi) is 3.19. The number of ether oxygens (including phenoxy) is 2.